The molecule has 1 unspecified atom stereocenters. The Balaban J connectivity index is 1.78. The Hall–Kier alpha value is -4.90. The Morgan fingerprint density at radius 2 is 0.985 bits per heavy atom. The molecule has 0 amide bonds. The topological polar surface area (TPSA) is 72.6 Å². The standard InChI is InChI=1S/C41H36F18N2O4/c1-7-14-32(6,9-3)21-15-20(16-22(17-21)33(62,36(42,43)44)37(45,46)47)29-60-27-12-10-23(18-25(27)34(64-29,38(48,49)50)39(51,52)53)63-24-11-13-28-26(19-24)35(40(54,55)56,41(57,58)59)65-30(61-28)31(4,5)8-2/h10-13,15-19,62H,7-9,14H2,1-6H3. The van der Waals surface area contributed by atoms with E-state index < -0.39 is 127 Å². The van der Waals surface area contributed by atoms with Gasteiger partial charge >= 0.3 is 48.3 Å². The lowest BCUT2D eigenvalue weighted by molar-refractivity contribution is -0.376. The van der Waals surface area contributed by atoms with Crippen LogP contribution in [0.15, 0.2) is 64.6 Å². The third-order valence-electron chi connectivity index (χ3n) is 11.6. The van der Waals surface area contributed by atoms with Crippen molar-refractivity contribution in [1.29, 1.82) is 0 Å². The summed E-state index contributed by atoms with van der Waals surface area (Å²) >= 11 is 0. The molecule has 0 saturated carbocycles. The van der Waals surface area contributed by atoms with E-state index in [1.807, 2.05) is 0 Å². The molecule has 0 radical (unpaired) electrons. The molecule has 6 nitrogen and oxygen atoms in total. The molecule has 0 aromatic heterocycles. The fourth-order valence-electron chi connectivity index (χ4n) is 7.32. The lowest BCUT2D eigenvalue weighted by Crippen LogP contribution is -2.59. The third kappa shape index (κ3) is 8.22. The molecular formula is C41H36F18N2O4. The molecule has 2 aliphatic rings. The zero-order valence-corrected chi connectivity index (χ0v) is 34.4. The van der Waals surface area contributed by atoms with E-state index in [2.05, 4.69) is 19.5 Å². The lowest BCUT2D eigenvalue weighted by Gasteiger charge is -2.43. The van der Waals surface area contributed by atoms with Gasteiger partial charge in [0.25, 0.3) is 5.60 Å². The van der Waals surface area contributed by atoms with E-state index in [1.165, 1.54) is 34.6 Å². The van der Waals surface area contributed by atoms with Gasteiger partial charge in [-0.25, -0.2) is 9.98 Å². The maximum absolute atomic E-state index is 15.1. The number of aliphatic imine (C=N–C) groups is 2. The molecule has 0 saturated heterocycles. The molecule has 2 aliphatic heterocycles. The van der Waals surface area contributed by atoms with E-state index in [0.717, 1.165) is 0 Å². The molecule has 1 N–H and O–H groups in total. The van der Waals surface area contributed by atoms with Crippen molar-refractivity contribution in [3.63, 3.8) is 0 Å². The van der Waals surface area contributed by atoms with Gasteiger partial charge in [-0.1, -0.05) is 54.0 Å². The minimum Gasteiger partial charge on any atom is -0.457 e. The summed E-state index contributed by atoms with van der Waals surface area (Å²) in [7, 11) is 0. The van der Waals surface area contributed by atoms with Crippen LogP contribution in [0.4, 0.5) is 90.4 Å². The predicted molar refractivity (Wildman–Crippen MR) is 195 cm³/mol. The summed E-state index contributed by atoms with van der Waals surface area (Å²) < 4.78 is 279. The zero-order valence-electron chi connectivity index (χ0n) is 34.4. The van der Waals surface area contributed by atoms with Gasteiger partial charge in [-0.2, -0.15) is 79.0 Å². The van der Waals surface area contributed by atoms with Gasteiger partial charge in [0.2, 0.25) is 5.90 Å². The summed E-state index contributed by atoms with van der Waals surface area (Å²) in [5, 5.41) is 10.3. The van der Waals surface area contributed by atoms with Crippen molar-refractivity contribution >= 4 is 23.2 Å². The van der Waals surface area contributed by atoms with Gasteiger partial charge in [0.1, 0.15) is 11.5 Å². The van der Waals surface area contributed by atoms with Gasteiger partial charge in [-0.15, -0.1) is 0 Å². The summed E-state index contributed by atoms with van der Waals surface area (Å²) in [6, 6.07) is 3.06. The second-order valence-electron chi connectivity index (χ2n) is 16.3. The monoisotopic (exact) mass is 962 g/mol. The Labute approximate surface area is 357 Å². The molecule has 3 aromatic rings. The molecule has 0 bridgehead atoms. The number of aliphatic hydroxyl groups is 1. The van der Waals surface area contributed by atoms with Gasteiger partial charge in [-0.3, -0.25) is 0 Å². The van der Waals surface area contributed by atoms with Crippen LogP contribution in [0.25, 0.3) is 0 Å². The number of rotatable bonds is 10. The quantitative estimate of drug-likeness (QED) is 0.206. The highest BCUT2D eigenvalue weighted by atomic mass is 19.4. The van der Waals surface area contributed by atoms with Gasteiger partial charge < -0.3 is 19.3 Å². The molecule has 0 aliphatic carbocycles. The van der Waals surface area contributed by atoms with E-state index in [0.29, 0.717) is 30.3 Å². The van der Waals surface area contributed by atoms with Crippen molar-refractivity contribution in [2.24, 2.45) is 15.4 Å². The van der Waals surface area contributed by atoms with E-state index in [-0.39, 0.29) is 49.9 Å². The van der Waals surface area contributed by atoms with Crippen molar-refractivity contribution in [2.45, 2.75) is 127 Å². The Morgan fingerprint density at radius 1 is 0.554 bits per heavy atom. The molecule has 0 spiro atoms. The van der Waals surface area contributed by atoms with Gasteiger partial charge in [0.05, 0.1) is 11.4 Å². The average Bonchev–Trinajstić information content (AvgIpc) is 3.16. The van der Waals surface area contributed by atoms with Crippen molar-refractivity contribution in [2.75, 3.05) is 0 Å². The first-order valence-corrected chi connectivity index (χ1v) is 19.1. The number of hydrogen-bond acceptors (Lipinski definition) is 6. The SMILES string of the molecule is CCCC(C)(CC)c1cc(C2=Nc3ccc(Oc4ccc5c(c4)C(C(F)(F)F)(C(F)(F)F)OC(C(C)(C)CC)=N5)cc3C(C(F)(F)F)(C(F)(F)F)O2)cc(C(O)(C(F)(F)F)C(F)(F)F)c1. The Kier molecular flexibility index (Phi) is 12.5. The summed E-state index contributed by atoms with van der Waals surface area (Å²) in [6.45, 7) is 8.22. The highest BCUT2D eigenvalue weighted by molar-refractivity contribution is 5.98. The maximum atomic E-state index is 15.1. The van der Waals surface area contributed by atoms with Crippen molar-refractivity contribution in [3.8, 4) is 11.5 Å². The third-order valence-corrected chi connectivity index (χ3v) is 11.6. The molecule has 3 aromatic carbocycles. The van der Waals surface area contributed by atoms with Crippen LogP contribution >= 0.6 is 0 Å². The highest BCUT2D eigenvalue weighted by Gasteiger charge is 2.78. The van der Waals surface area contributed by atoms with Crippen LogP contribution in [-0.2, 0) is 31.7 Å². The fourth-order valence-corrected chi connectivity index (χ4v) is 7.32. The molecule has 360 valence electrons. The van der Waals surface area contributed by atoms with Crippen molar-refractivity contribution < 1.29 is 98.3 Å². The number of hydrogen-bond donors (Lipinski definition) is 1. The first-order chi connectivity index (χ1) is 29.3. The number of benzene rings is 3. The number of halogens is 18. The van der Waals surface area contributed by atoms with E-state index in [4.69, 9.17) is 4.74 Å². The van der Waals surface area contributed by atoms with Gasteiger partial charge in [-0.05, 0) is 78.8 Å². The van der Waals surface area contributed by atoms with Crippen molar-refractivity contribution in [1.82, 2.24) is 0 Å². The second-order valence-corrected chi connectivity index (χ2v) is 16.3. The van der Waals surface area contributed by atoms with Crippen LogP contribution in [0, 0.1) is 5.41 Å². The Bertz CT molecular complexity index is 2310. The second kappa shape index (κ2) is 15.9. The van der Waals surface area contributed by atoms with E-state index in [1.54, 1.807) is 6.92 Å². The van der Waals surface area contributed by atoms with Crippen LogP contribution in [0.5, 0.6) is 11.5 Å². The van der Waals surface area contributed by atoms with Crippen LogP contribution in [0.1, 0.15) is 95.0 Å². The summed E-state index contributed by atoms with van der Waals surface area (Å²) in [6.07, 6.45) is -38.9. The van der Waals surface area contributed by atoms with Crippen LogP contribution in [-0.4, -0.2) is 54.0 Å². The summed E-state index contributed by atoms with van der Waals surface area (Å²) in [5.41, 5.74) is -29.2. The molecular weight excluding hydrogens is 926 g/mol. The van der Waals surface area contributed by atoms with E-state index >= 15 is 26.3 Å². The smallest absolute Gasteiger partial charge is 0.442 e. The molecule has 2 heterocycles. The highest BCUT2D eigenvalue weighted by Crippen LogP contribution is 2.61. The van der Waals surface area contributed by atoms with Gasteiger partial charge in [0.15, 0.2) is 5.90 Å². The minimum absolute atomic E-state index is 0.00718. The van der Waals surface area contributed by atoms with Crippen molar-refractivity contribution in [3.05, 3.63) is 82.4 Å². The van der Waals surface area contributed by atoms with E-state index in [9.17, 15) is 57.8 Å². The molecule has 5 rings (SSSR count). The van der Waals surface area contributed by atoms with Crippen LogP contribution in [0.3, 0.4) is 0 Å². The fraction of sp³-hybridized carbons (Fsp3) is 0.512. The number of alkyl halides is 18. The molecule has 1 atom stereocenters. The first-order valence-electron chi connectivity index (χ1n) is 19.1. The largest absolute Gasteiger partial charge is 0.457 e. The van der Waals surface area contributed by atoms with Crippen LogP contribution < -0.4 is 4.74 Å². The van der Waals surface area contributed by atoms with Gasteiger partial charge in [0, 0.05) is 27.7 Å². The molecule has 65 heavy (non-hydrogen) atoms. The van der Waals surface area contributed by atoms with Crippen LogP contribution in [0.2, 0.25) is 0 Å². The number of fused-ring (bicyclic) bond motifs is 2. The average molecular weight is 963 g/mol. The lowest BCUT2D eigenvalue weighted by atomic mass is 9.74. The first kappa shape index (κ1) is 51.1. The minimum atomic E-state index is -6.64. The number of ether oxygens (including phenoxy) is 3. The number of nitrogens with zero attached hydrogens (tertiary/aromatic N) is 2. The molecule has 0 fully saturated rings. The Morgan fingerprint density at radius 3 is 1.38 bits per heavy atom. The predicted octanol–water partition coefficient (Wildman–Crippen LogP) is 14.5. The normalized spacial score (nSPS) is 18.0. The zero-order chi connectivity index (χ0) is 49.6. The molecule has 24 heteroatoms. The summed E-state index contributed by atoms with van der Waals surface area (Å²) in [5.74, 6) is -4.92. The summed E-state index contributed by atoms with van der Waals surface area (Å²) in [4.78, 5) is 7.44. The maximum Gasteiger partial charge on any atom is 0.442 e.